The second-order valence-electron chi connectivity index (χ2n) is 8.18. The molecule has 1 saturated heterocycles. The van der Waals surface area contributed by atoms with Gasteiger partial charge in [0.1, 0.15) is 26.0 Å². The van der Waals surface area contributed by atoms with Gasteiger partial charge < -0.3 is 19.2 Å². The Bertz CT molecular complexity index is 1180. The highest BCUT2D eigenvalue weighted by atomic mass is 31.1. The van der Waals surface area contributed by atoms with Crippen molar-refractivity contribution in [3.8, 4) is 11.8 Å². The van der Waals surface area contributed by atoms with E-state index in [1.807, 2.05) is 6.07 Å². The number of aryl methyl sites for hydroxylation is 1. The molecule has 0 saturated carbocycles. The van der Waals surface area contributed by atoms with Gasteiger partial charge in [-0.2, -0.15) is 5.26 Å². The monoisotopic (exact) mass is 488 g/mol. The largest absolute Gasteiger partial charge is 0.485 e. The molecule has 1 aromatic carbocycles. The molecule has 2 aliphatic heterocycles. The summed E-state index contributed by atoms with van der Waals surface area (Å²) in [6, 6.07) is 6.81. The summed E-state index contributed by atoms with van der Waals surface area (Å²) in [6.07, 6.45) is 0.872. The summed E-state index contributed by atoms with van der Waals surface area (Å²) in [5.74, 6) is -2.56. The maximum Gasteiger partial charge on any atom is 0.295 e. The Morgan fingerprint density at radius 2 is 2.03 bits per heavy atom. The van der Waals surface area contributed by atoms with Crippen molar-refractivity contribution >= 4 is 31.1 Å². The maximum absolute atomic E-state index is 13.6. The zero-order chi connectivity index (χ0) is 24.6. The molecule has 0 bridgehead atoms. The highest BCUT2D eigenvalue weighted by Crippen LogP contribution is 2.48. The summed E-state index contributed by atoms with van der Waals surface area (Å²) < 4.78 is 34.2. The highest BCUT2D eigenvalue weighted by Gasteiger charge is 2.37. The van der Waals surface area contributed by atoms with E-state index in [1.165, 1.54) is 22.8 Å². The number of ether oxygens (including phenoxy) is 1. The van der Waals surface area contributed by atoms with Gasteiger partial charge in [-0.25, -0.2) is 18.7 Å². The summed E-state index contributed by atoms with van der Waals surface area (Å²) in [5.41, 5.74) is 1.27. The predicted molar refractivity (Wildman–Crippen MR) is 123 cm³/mol. The number of carbonyl (C=O) groups is 2. The minimum Gasteiger partial charge on any atom is -0.485 e. The van der Waals surface area contributed by atoms with Crippen LogP contribution in [0.1, 0.15) is 34.6 Å². The topological polar surface area (TPSA) is 103 Å². The van der Waals surface area contributed by atoms with Gasteiger partial charge in [0.25, 0.3) is 17.5 Å². The number of alkyl halides is 2. The van der Waals surface area contributed by atoms with Crippen molar-refractivity contribution in [3.05, 3.63) is 41.3 Å². The van der Waals surface area contributed by atoms with Crippen LogP contribution in [0.3, 0.4) is 0 Å². The molecule has 12 heteroatoms. The Balaban J connectivity index is 1.56. The Kier molecular flexibility index (Phi) is 6.36. The minimum absolute atomic E-state index is 0.0530. The molecule has 34 heavy (non-hydrogen) atoms. The van der Waals surface area contributed by atoms with Gasteiger partial charge in [0, 0.05) is 57.9 Å². The van der Waals surface area contributed by atoms with E-state index in [0.29, 0.717) is 28.4 Å². The number of aromatic nitrogens is 2. The average molecular weight is 488 g/mol. The Morgan fingerprint density at radius 3 is 2.71 bits per heavy atom. The molecule has 2 amide bonds. The molecule has 0 spiro atoms. The molecule has 1 aromatic heterocycles. The second-order valence-corrected chi connectivity index (χ2v) is 10.2. The Labute approximate surface area is 196 Å². The molecule has 3 heterocycles. The van der Waals surface area contributed by atoms with Crippen molar-refractivity contribution in [3.63, 3.8) is 0 Å². The van der Waals surface area contributed by atoms with Crippen LogP contribution in [-0.2, 0) is 0 Å². The van der Waals surface area contributed by atoms with E-state index >= 15 is 0 Å². The number of halogens is 2. The molecule has 0 radical (unpaired) electrons. The lowest BCUT2D eigenvalue weighted by Crippen LogP contribution is -2.40. The third-order valence-corrected chi connectivity index (χ3v) is 7.91. The van der Waals surface area contributed by atoms with Gasteiger partial charge in [0.15, 0.2) is 0 Å². The fourth-order valence-electron chi connectivity index (χ4n) is 3.81. The highest BCUT2D eigenvalue weighted by molar-refractivity contribution is 7.73. The summed E-state index contributed by atoms with van der Waals surface area (Å²) in [4.78, 5) is 38.1. The minimum atomic E-state index is -2.70. The number of piperidine rings is 1. The molecule has 2 aromatic rings. The van der Waals surface area contributed by atoms with Crippen LogP contribution in [-0.4, -0.2) is 65.6 Å². The Morgan fingerprint density at radius 1 is 1.32 bits per heavy atom. The molecule has 178 valence electrons. The zero-order valence-electron chi connectivity index (χ0n) is 19.0. The van der Waals surface area contributed by atoms with Gasteiger partial charge in [0.05, 0.1) is 17.3 Å². The van der Waals surface area contributed by atoms with E-state index in [1.54, 1.807) is 37.1 Å². The summed E-state index contributed by atoms with van der Waals surface area (Å²) in [6.45, 7) is 2.01. The Hall–Kier alpha value is -3.38. The molecule has 9 nitrogen and oxygen atoms in total. The zero-order valence-corrected chi connectivity index (χ0v) is 19.9. The van der Waals surface area contributed by atoms with Gasteiger partial charge in [-0.05, 0) is 19.1 Å². The lowest BCUT2D eigenvalue weighted by molar-refractivity contribution is -0.0221. The van der Waals surface area contributed by atoms with Crippen LogP contribution in [0.4, 0.5) is 25.1 Å². The smallest absolute Gasteiger partial charge is 0.295 e. The first-order chi connectivity index (χ1) is 16.1. The van der Waals surface area contributed by atoms with Crippen molar-refractivity contribution < 1.29 is 23.1 Å². The third kappa shape index (κ3) is 4.50. The standard InChI is InChI=1S/C22H23F2N6O3P/c1-14-12-26-18(27-19(14)30-8-6-22(23,24)7-9-30)20(31)29(3)34-13-33-17-10-15(11-25)4-5-16(17)28(2)21(34)32/h4-5,10,12H,6-9,13H2,1-3H3. The number of hydrogen-bond acceptors (Lipinski definition) is 7. The third-order valence-electron chi connectivity index (χ3n) is 5.89. The van der Waals surface area contributed by atoms with E-state index in [9.17, 15) is 18.4 Å². The quantitative estimate of drug-likeness (QED) is 0.603. The van der Waals surface area contributed by atoms with Gasteiger partial charge >= 0.3 is 0 Å². The van der Waals surface area contributed by atoms with E-state index in [4.69, 9.17) is 10.00 Å². The number of fused-ring (bicyclic) bond motifs is 1. The number of benzene rings is 1. The second kappa shape index (κ2) is 9.11. The number of rotatable bonds is 3. The van der Waals surface area contributed by atoms with Gasteiger partial charge in [-0.3, -0.25) is 9.59 Å². The number of hydrogen-bond donors (Lipinski definition) is 0. The SMILES string of the molecule is Cc1cnc(C(=O)N(C)P2COc3cc(C#N)ccc3N(C)C2=O)nc1N1CCC(F)(F)CC1. The maximum atomic E-state index is 13.6. The van der Waals surface area contributed by atoms with Crippen molar-refractivity contribution in [2.75, 3.05) is 43.3 Å². The van der Waals surface area contributed by atoms with Crippen LogP contribution in [0.15, 0.2) is 24.4 Å². The summed E-state index contributed by atoms with van der Waals surface area (Å²) >= 11 is 0. The van der Waals surface area contributed by atoms with Gasteiger partial charge in [-0.1, -0.05) is 0 Å². The van der Waals surface area contributed by atoms with Crippen LogP contribution in [0, 0.1) is 18.3 Å². The van der Waals surface area contributed by atoms with Crippen molar-refractivity contribution in [1.29, 1.82) is 5.26 Å². The van der Waals surface area contributed by atoms with E-state index < -0.39 is 19.9 Å². The lowest BCUT2D eigenvalue weighted by Gasteiger charge is -2.33. The first-order valence-corrected chi connectivity index (χ1v) is 12.1. The number of carbonyl (C=O) groups excluding carboxylic acids is 2. The van der Waals surface area contributed by atoms with Crippen LogP contribution < -0.4 is 14.5 Å². The number of nitriles is 1. The van der Waals surface area contributed by atoms with Crippen LogP contribution in [0.5, 0.6) is 5.75 Å². The van der Waals surface area contributed by atoms with Crippen LogP contribution in [0.2, 0.25) is 0 Å². The lowest BCUT2D eigenvalue weighted by atomic mass is 10.1. The normalized spacial score (nSPS) is 19.5. The molecule has 1 unspecified atom stereocenters. The van der Waals surface area contributed by atoms with E-state index in [-0.39, 0.29) is 43.8 Å². The fraction of sp³-hybridized carbons (Fsp3) is 0.409. The number of amides is 2. The van der Waals surface area contributed by atoms with Crippen molar-refractivity contribution in [2.24, 2.45) is 0 Å². The first kappa shape index (κ1) is 23.8. The predicted octanol–water partition coefficient (Wildman–Crippen LogP) is 3.97. The van der Waals surface area contributed by atoms with Crippen LogP contribution >= 0.6 is 8.07 Å². The van der Waals surface area contributed by atoms with Crippen molar-refractivity contribution in [2.45, 2.75) is 25.7 Å². The molecule has 2 aliphatic rings. The molecule has 4 rings (SSSR count). The van der Waals surface area contributed by atoms with Gasteiger partial charge in [-0.15, -0.1) is 0 Å². The van der Waals surface area contributed by atoms with E-state index in [0.717, 1.165) is 0 Å². The molecular formula is C22H23F2N6O3P. The first-order valence-electron chi connectivity index (χ1n) is 10.6. The number of nitrogens with zero attached hydrogens (tertiary/aromatic N) is 6. The molecule has 1 atom stereocenters. The van der Waals surface area contributed by atoms with Gasteiger partial charge in [0.2, 0.25) is 5.82 Å². The molecule has 0 N–H and O–H groups in total. The molecular weight excluding hydrogens is 465 g/mol. The number of anilines is 2. The average Bonchev–Trinajstić information content (AvgIpc) is 2.94. The molecule has 0 aliphatic carbocycles. The molecule has 1 fully saturated rings. The summed E-state index contributed by atoms with van der Waals surface area (Å²) in [5, 5.41) is 9.14. The van der Waals surface area contributed by atoms with E-state index in [2.05, 4.69) is 9.97 Å². The summed E-state index contributed by atoms with van der Waals surface area (Å²) in [7, 11) is 1.32. The fourth-order valence-corrected chi connectivity index (χ4v) is 5.37. The van der Waals surface area contributed by atoms with Crippen molar-refractivity contribution in [1.82, 2.24) is 14.6 Å². The van der Waals surface area contributed by atoms with Crippen LogP contribution in [0.25, 0.3) is 0 Å².